The Bertz CT molecular complexity index is 673. The van der Waals surface area contributed by atoms with Crippen LogP contribution in [0, 0.1) is 0 Å². The predicted molar refractivity (Wildman–Crippen MR) is 64.5 cm³/mol. The van der Waals surface area contributed by atoms with E-state index in [1.54, 1.807) is 6.20 Å². The minimum atomic E-state index is 0.236. The van der Waals surface area contributed by atoms with Crippen LogP contribution in [0.2, 0.25) is 5.02 Å². The van der Waals surface area contributed by atoms with Crippen molar-refractivity contribution in [3.05, 3.63) is 35.3 Å². The molecular weight excluding hydrogens is 240 g/mol. The Kier molecular flexibility index (Phi) is 2.35. The first-order chi connectivity index (χ1) is 8.28. The van der Waals surface area contributed by atoms with Crippen LogP contribution in [0.1, 0.15) is 5.89 Å². The van der Waals surface area contributed by atoms with Gasteiger partial charge in [0.05, 0.1) is 11.6 Å². The number of aromatic amines is 1. The van der Waals surface area contributed by atoms with Crippen LogP contribution in [0.4, 0.5) is 0 Å². The molecule has 0 radical (unpaired) electrons. The molecule has 17 heavy (non-hydrogen) atoms. The molecule has 86 valence electrons. The molecule has 3 N–H and O–H groups in total. The third-order valence-electron chi connectivity index (χ3n) is 2.53. The van der Waals surface area contributed by atoms with Crippen molar-refractivity contribution in [2.75, 3.05) is 0 Å². The summed E-state index contributed by atoms with van der Waals surface area (Å²) in [5.74, 6) is 0.935. The molecule has 0 saturated heterocycles. The molecule has 0 amide bonds. The Hall–Kier alpha value is -1.85. The van der Waals surface area contributed by atoms with Gasteiger partial charge < -0.3 is 15.2 Å². The van der Waals surface area contributed by atoms with E-state index in [-0.39, 0.29) is 6.54 Å². The number of hydrogen-bond acceptors (Lipinski definition) is 4. The van der Waals surface area contributed by atoms with Gasteiger partial charge in [-0.2, -0.15) is 4.98 Å². The molecule has 0 atom stereocenters. The van der Waals surface area contributed by atoms with Crippen LogP contribution in [0.25, 0.3) is 22.3 Å². The summed E-state index contributed by atoms with van der Waals surface area (Å²) in [5.41, 5.74) is 7.24. The minimum absolute atomic E-state index is 0.236. The third kappa shape index (κ3) is 1.69. The Labute approximate surface area is 102 Å². The fraction of sp³-hybridized carbons (Fsp3) is 0.0909. The van der Waals surface area contributed by atoms with Crippen molar-refractivity contribution in [2.45, 2.75) is 6.54 Å². The number of nitrogens with zero attached hydrogens (tertiary/aromatic N) is 2. The Morgan fingerprint density at radius 3 is 3.06 bits per heavy atom. The number of benzene rings is 1. The van der Waals surface area contributed by atoms with Crippen molar-refractivity contribution in [2.24, 2.45) is 5.73 Å². The number of halogens is 1. The molecule has 2 aromatic heterocycles. The van der Waals surface area contributed by atoms with Gasteiger partial charge >= 0.3 is 0 Å². The molecule has 0 aliphatic heterocycles. The monoisotopic (exact) mass is 248 g/mol. The molecule has 0 unspecified atom stereocenters. The number of H-pyrrole nitrogens is 1. The molecule has 3 aromatic rings. The van der Waals surface area contributed by atoms with E-state index < -0.39 is 0 Å². The second-order valence-corrected chi connectivity index (χ2v) is 4.02. The molecule has 0 aliphatic carbocycles. The van der Waals surface area contributed by atoms with Crippen molar-refractivity contribution in [1.29, 1.82) is 0 Å². The highest BCUT2D eigenvalue weighted by molar-refractivity contribution is 6.35. The molecule has 5 nitrogen and oxygen atoms in total. The summed E-state index contributed by atoms with van der Waals surface area (Å²) in [7, 11) is 0. The summed E-state index contributed by atoms with van der Waals surface area (Å²) in [4.78, 5) is 7.23. The summed E-state index contributed by atoms with van der Waals surface area (Å²) in [6, 6.07) is 5.74. The Morgan fingerprint density at radius 1 is 1.41 bits per heavy atom. The zero-order valence-electron chi connectivity index (χ0n) is 8.77. The molecule has 0 bridgehead atoms. The lowest BCUT2D eigenvalue weighted by Crippen LogP contribution is -1.95. The Balaban J connectivity index is 2.13. The van der Waals surface area contributed by atoms with E-state index in [0.717, 1.165) is 16.5 Å². The van der Waals surface area contributed by atoms with Crippen LogP contribution in [-0.2, 0) is 6.54 Å². The average molecular weight is 249 g/mol. The van der Waals surface area contributed by atoms with Gasteiger partial charge in [0.1, 0.15) is 0 Å². The normalized spacial score (nSPS) is 11.2. The summed E-state index contributed by atoms with van der Waals surface area (Å²) in [5, 5.41) is 5.46. The second kappa shape index (κ2) is 3.87. The van der Waals surface area contributed by atoms with Crippen LogP contribution >= 0.6 is 11.6 Å². The van der Waals surface area contributed by atoms with E-state index in [9.17, 15) is 0 Å². The van der Waals surface area contributed by atoms with Crippen LogP contribution in [-0.4, -0.2) is 15.1 Å². The van der Waals surface area contributed by atoms with Gasteiger partial charge in [-0.15, -0.1) is 0 Å². The highest BCUT2D eigenvalue weighted by atomic mass is 35.5. The lowest BCUT2D eigenvalue weighted by atomic mass is 10.1. The number of fused-ring (bicyclic) bond motifs is 1. The minimum Gasteiger partial charge on any atom is -0.360 e. The van der Waals surface area contributed by atoms with Gasteiger partial charge in [-0.05, 0) is 18.2 Å². The first-order valence-electron chi connectivity index (χ1n) is 5.07. The molecule has 1 aromatic carbocycles. The van der Waals surface area contributed by atoms with E-state index >= 15 is 0 Å². The van der Waals surface area contributed by atoms with Crippen LogP contribution in [0.3, 0.4) is 0 Å². The first kappa shape index (κ1) is 10.3. The maximum atomic E-state index is 6.05. The highest BCUT2D eigenvalue weighted by Crippen LogP contribution is 2.27. The number of nitrogens with two attached hydrogens (primary N) is 1. The van der Waals surface area contributed by atoms with Crippen LogP contribution in [0.15, 0.2) is 28.9 Å². The zero-order valence-corrected chi connectivity index (χ0v) is 9.53. The summed E-state index contributed by atoms with van der Waals surface area (Å²) in [6.07, 6.45) is 1.75. The second-order valence-electron chi connectivity index (χ2n) is 3.61. The van der Waals surface area contributed by atoms with Gasteiger partial charge in [0.2, 0.25) is 11.7 Å². The van der Waals surface area contributed by atoms with E-state index in [2.05, 4.69) is 15.1 Å². The van der Waals surface area contributed by atoms with Crippen molar-refractivity contribution in [3.63, 3.8) is 0 Å². The quantitative estimate of drug-likeness (QED) is 0.729. The largest absolute Gasteiger partial charge is 0.360 e. The highest BCUT2D eigenvalue weighted by Gasteiger charge is 2.09. The van der Waals surface area contributed by atoms with Crippen molar-refractivity contribution in [3.8, 4) is 11.4 Å². The van der Waals surface area contributed by atoms with Gasteiger partial charge in [-0.25, -0.2) is 0 Å². The number of hydrogen-bond donors (Lipinski definition) is 2. The average Bonchev–Trinajstić information content (AvgIpc) is 2.96. The fourth-order valence-corrected chi connectivity index (χ4v) is 1.89. The Morgan fingerprint density at radius 2 is 2.29 bits per heavy atom. The number of aromatic nitrogens is 3. The lowest BCUT2D eigenvalue weighted by molar-refractivity contribution is 0.380. The molecule has 0 saturated carbocycles. The molecule has 3 rings (SSSR count). The van der Waals surface area contributed by atoms with E-state index in [1.165, 1.54) is 0 Å². The lowest BCUT2D eigenvalue weighted by Gasteiger charge is -1.95. The SMILES string of the molecule is NCc1nc(-c2ccc3[nH]cc(Cl)c3c2)no1. The number of rotatable bonds is 2. The van der Waals surface area contributed by atoms with Gasteiger partial charge in [0, 0.05) is 22.7 Å². The van der Waals surface area contributed by atoms with Gasteiger partial charge in [-0.3, -0.25) is 0 Å². The van der Waals surface area contributed by atoms with Gasteiger partial charge in [-0.1, -0.05) is 16.8 Å². The van der Waals surface area contributed by atoms with Crippen molar-refractivity contribution in [1.82, 2.24) is 15.1 Å². The first-order valence-corrected chi connectivity index (χ1v) is 5.45. The molecule has 6 heteroatoms. The standard InChI is InChI=1S/C11H9ClN4O/c12-8-5-14-9-2-1-6(3-7(8)9)11-15-10(4-13)17-16-11/h1-3,5,14H,4,13H2. The van der Waals surface area contributed by atoms with E-state index in [4.69, 9.17) is 21.9 Å². The summed E-state index contributed by atoms with van der Waals surface area (Å²) >= 11 is 6.05. The smallest absolute Gasteiger partial charge is 0.240 e. The van der Waals surface area contributed by atoms with Gasteiger partial charge in [0.15, 0.2) is 0 Å². The third-order valence-corrected chi connectivity index (χ3v) is 2.84. The van der Waals surface area contributed by atoms with Crippen LogP contribution < -0.4 is 5.73 Å². The maximum Gasteiger partial charge on any atom is 0.240 e. The fourth-order valence-electron chi connectivity index (χ4n) is 1.68. The predicted octanol–water partition coefficient (Wildman–Crippen LogP) is 2.33. The van der Waals surface area contributed by atoms with Gasteiger partial charge in [0.25, 0.3) is 0 Å². The topological polar surface area (TPSA) is 80.7 Å². The van der Waals surface area contributed by atoms with E-state index in [1.807, 2.05) is 18.2 Å². The van der Waals surface area contributed by atoms with E-state index in [0.29, 0.717) is 16.7 Å². The molecule has 0 aliphatic rings. The molecule has 0 fully saturated rings. The maximum absolute atomic E-state index is 6.05. The van der Waals surface area contributed by atoms with Crippen molar-refractivity contribution >= 4 is 22.5 Å². The molecule has 2 heterocycles. The summed E-state index contributed by atoms with van der Waals surface area (Å²) < 4.78 is 4.97. The summed E-state index contributed by atoms with van der Waals surface area (Å²) in [6.45, 7) is 0.236. The van der Waals surface area contributed by atoms with Crippen molar-refractivity contribution < 1.29 is 4.52 Å². The van der Waals surface area contributed by atoms with Crippen LogP contribution in [0.5, 0.6) is 0 Å². The molecule has 0 spiro atoms. The number of nitrogens with one attached hydrogen (secondary N) is 1. The zero-order chi connectivity index (χ0) is 11.8. The molecular formula is C11H9ClN4O.